The molecule has 0 amide bonds. The summed E-state index contributed by atoms with van der Waals surface area (Å²) in [6, 6.07) is 10.9. The van der Waals surface area contributed by atoms with Gasteiger partial charge in [-0.1, -0.05) is 26.0 Å². The summed E-state index contributed by atoms with van der Waals surface area (Å²) in [7, 11) is 0. The number of non-ortho nitro benzene ring substituents is 1. The van der Waals surface area contributed by atoms with Gasteiger partial charge in [0, 0.05) is 23.3 Å². The van der Waals surface area contributed by atoms with Crippen LogP contribution in [0.4, 0.5) is 5.69 Å². The first-order chi connectivity index (χ1) is 12.1. The lowest BCUT2D eigenvalue weighted by Gasteiger charge is -2.20. The summed E-state index contributed by atoms with van der Waals surface area (Å²) >= 11 is 0. The fourth-order valence-corrected chi connectivity index (χ4v) is 2.78. The van der Waals surface area contributed by atoms with E-state index in [0.29, 0.717) is 29.4 Å². The number of nitro benzene ring substituents is 1. The van der Waals surface area contributed by atoms with Gasteiger partial charge in [-0.25, -0.2) is 0 Å². The fourth-order valence-electron chi connectivity index (χ4n) is 2.78. The molecule has 1 aliphatic rings. The van der Waals surface area contributed by atoms with Gasteiger partial charge in [0.2, 0.25) is 0 Å². The van der Waals surface area contributed by atoms with Crippen molar-refractivity contribution < 1.29 is 19.1 Å². The molecule has 0 spiro atoms. The van der Waals surface area contributed by atoms with Crippen LogP contribution < -0.4 is 9.47 Å². The number of nitrogens with zero attached hydrogens (tertiary/aromatic N) is 1. The van der Waals surface area contributed by atoms with Gasteiger partial charge in [-0.2, -0.15) is 0 Å². The first-order valence-corrected chi connectivity index (χ1v) is 8.32. The normalized spacial score (nSPS) is 14.3. The molecule has 0 radical (unpaired) electrons. The molecule has 25 heavy (non-hydrogen) atoms. The third kappa shape index (κ3) is 3.91. The molecule has 0 fully saturated rings. The van der Waals surface area contributed by atoms with Crippen molar-refractivity contribution in [2.75, 3.05) is 6.79 Å². The first-order valence-electron chi connectivity index (χ1n) is 8.32. The molecule has 3 rings (SSSR count). The van der Waals surface area contributed by atoms with Crippen molar-refractivity contribution in [3.63, 3.8) is 0 Å². The van der Waals surface area contributed by atoms with Gasteiger partial charge < -0.3 is 14.2 Å². The van der Waals surface area contributed by atoms with Gasteiger partial charge in [0.25, 0.3) is 5.69 Å². The average molecular weight is 343 g/mol. The summed E-state index contributed by atoms with van der Waals surface area (Å²) in [4.78, 5) is 10.7. The van der Waals surface area contributed by atoms with Crippen LogP contribution in [0.15, 0.2) is 36.4 Å². The Labute approximate surface area is 146 Å². The van der Waals surface area contributed by atoms with Crippen molar-refractivity contribution in [2.24, 2.45) is 0 Å². The molecule has 0 saturated heterocycles. The molecule has 0 unspecified atom stereocenters. The Balaban J connectivity index is 1.78. The molecule has 0 aliphatic carbocycles. The van der Waals surface area contributed by atoms with Gasteiger partial charge in [0.1, 0.15) is 18.1 Å². The topological polar surface area (TPSA) is 70.8 Å². The quantitative estimate of drug-likeness (QED) is 0.568. The van der Waals surface area contributed by atoms with Crippen LogP contribution in [0.25, 0.3) is 0 Å². The molecular formula is C19H21NO5. The van der Waals surface area contributed by atoms with Gasteiger partial charge in [-0.05, 0) is 30.0 Å². The Bertz CT molecular complexity index is 757. The maximum absolute atomic E-state index is 11.1. The van der Waals surface area contributed by atoms with E-state index in [1.165, 1.54) is 17.7 Å². The molecule has 2 aromatic carbocycles. The number of fused-ring (bicyclic) bond motifs is 1. The molecule has 132 valence electrons. The Morgan fingerprint density at radius 2 is 2.04 bits per heavy atom. The average Bonchev–Trinajstić information content (AvgIpc) is 2.65. The van der Waals surface area contributed by atoms with Gasteiger partial charge in [0.05, 0.1) is 11.5 Å². The second-order valence-corrected chi connectivity index (χ2v) is 6.13. The molecule has 1 heterocycles. The number of hydrogen-bond acceptors (Lipinski definition) is 5. The van der Waals surface area contributed by atoms with Crippen LogP contribution in [0.1, 0.15) is 42.9 Å². The summed E-state index contributed by atoms with van der Waals surface area (Å²) in [5.74, 6) is 1.85. The largest absolute Gasteiger partial charge is 0.489 e. The van der Waals surface area contributed by atoms with Crippen LogP contribution in [0.2, 0.25) is 0 Å². The Kier molecular flexibility index (Phi) is 5.19. The Hall–Kier alpha value is -2.60. The van der Waals surface area contributed by atoms with Crippen molar-refractivity contribution in [1.82, 2.24) is 0 Å². The SMILES string of the molecule is CC[C@H](C)c1ccc(OCc2cc([N+](=O)[O-])cc3c2OCOC3)cc1. The zero-order valence-corrected chi connectivity index (χ0v) is 14.4. The second-order valence-electron chi connectivity index (χ2n) is 6.13. The van der Waals surface area contributed by atoms with E-state index in [0.717, 1.165) is 12.2 Å². The highest BCUT2D eigenvalue weighted by Gasteiger charge is 2.21. The van der Waals surface area contributed by atoms with E-state index in [4.69, 9.17) is 14.2 Å². The molecule has 0 aromatic heterocycles. The third-order valence-corrected chi connectivity index (χ3v) is 4.44. The summed E-state index contributed by atoms with van der Waals surface area (Å²) in [6.45, 7) is 4.98. The third-order valence-electron chi connectivity index (χ3n) is 4.44. The van der Waals surface area contributed by atoms with Gasteiger partial charge >= 0.3 is 0 Å². The Morgan fingerprint density at radius 1 is 1.28 bits per heavy atom. The van der Waals surface area contributed by atoms with Crippen molar-refractivity contribution in [3.05, 3.63) is 63.2 Å². The van der Waals surface area contributed by atoms with Crippen LogP contribution >= 0.6 is 0 Å². The van der Waals surface area contributed by atoms with Gasteiger partial charge in [0.15, 0.2) is 6.79 Å². The van der Waals surface area contributed by atoms with Gasteiger partial charge in [-0.15, -0.1) is 0 Å². The summed E-state index contributed by atoms with van der Waals surface area (Å²) < 4.78 is 16.5. The van der Waals surface area contributed by atoms with E-state index in [9.17, 15) is 10.1 Å². The molecule has 0 saturated carbocycles. The van der Waals surface area contributed by atoms with E-state index in [-0.39, 0.29) is 19.1 Å². The van der Waals surface area contributed by atoms with Crippen molar-refractivity contribution in [1.29, 1.82) is 0 Å². The minimum absolute atomic E-state index is 0.0126. The maximum atomic E-state index is 11.1. The van der Waals surface area contributed by atoms with E-state index in [2.05, 4.69) is 26.0 Å². The van der Waals surface area contributed by atoms with Crippen LogP contribution in [0.3, 0.4) is 0 Å². The lowest BCUT2D eigenvalue weighted by molar-refractivity contribution is -0.385. The number of hydrogen-bond donors (Lipinski definition) is 0. The zero-order chi connectivity index (χ0) is 17.8. The smallest absolute Gasteiger partial charge is 0.270 e. The van der Waals surface area contributed by atoms with Gasteiger partial charge in [-0.3, -0.25) is 10.1 Å². The van der Waals surface area contributed by atoms with E-state index >= 15 is 0 Å². The van der Waals surface area contributed by atoms with Crippen molar-refractivity contribution >= 4 is 5.69 Å². The summed E-state index contributed by atoms with van der Waals surface area (Å²) in [5.41, 5.74) is 2.60. The lowest BCUT2D eigenvalue weighted by atomic mass is 9.99. The van der Waals surface area contributed by atoms with E-state index in [1.807, 2.05) is 12.1 Å². The second kappa shape index (κ2) is 7.53. The summed E-state index contributed by atoms with van der Waals surface area (Å²) in [5, 5.41) is 11.1. The minimum Gasteiger partial charge on any atom is -0.489 e. The molecule has 6 heteroatoms. The van der Waals surface area contributed by atoms with Crippen molar-refractivity contribution in [3.8, 4) is 11.5 Å². The molecule has 1 aliphatic heterocycles. The summed E-state index contributed by atoms with van der Waals surface area (Å²) in [6.07, 6.45) is 1.08. The number of benzene rings is 2. The minimum atomic E-state index is -0.417. The van der Waals surface area contributed by atoms with Crippen LogP contribution in [-0.4, -0.2) is 11.7 Å². The van der Waals surface area contributed by atoms with Crippen LogP contribution in [-0.2, 0) is 18.0 Å². The van der Waals surface area contributed by atoms with Crippen LogP contribution in [0, 0.1) is 10.1 Å². The molecule has 6 nitrogen and oxygen atoms in total. The standard InChI is InChI=1S/C19H21NO5/c1-3-13(2)14-4-6-18(7-5-14)24-11-16-9-17(20(21)22)8-15-10-23-12-25-19(15)16/h4-9,13H,3,10-12H2,1-2H3/t13-/m0/s1. The molecule has 0 N–H and O–H groups in total. The zero-order valence-electron chi connectivity index (χ0n) is 14.4. The van der Waals surface area contributed by atoms with E-state index in [1.54, 1.807) is 0 Å². The van der Waals surface area contributed by atoms with Crippen molar-refractivity contribution in [2.45, 2.75) is 39.4 Å². The molecular weight excluding hydrogens is 322 g/mol. The predicted molar refractivity (Wildman–Crippen MR) is 92.9 cm³/mol. The highest BCUT2D eigenvalue weighted by atomic mass is 16.7. The number of ether oxygens (including phenoxy) is 3. The Morgan fingerprint density at radius 3 is 2.72 bits per heavy atom. The number of rotatable bonds is 6. The number of nitro groups is 1. The molecule has 2 aromatic rings. The predicted octanol–water partition coefficient (Wildman–Crippen LogP) is 4.55. The highest BCUT2D eigenvalue weighted by molar-refractivity contribution is 5.50. The highest BCUT2D eigenvalue weighted by Crippen LogP contribution is 2.33. The maximum Gasteiger partial charge on any atom is 0.270 e. The van der Waals surface area contributed by atoms with E-state index < -0.39 is 4.92 Å². The molecule has 0 bridgehead atoms. The first kappa shape index (κ1) is 17.2. The van der Waals surface area contributed by atoms with Crippen LogP contribution in [0.5, 0.6) is 11.5 Å². The molecule has 1 atom stereocenters. The monoisotopic (exact) mass is 343 g/mol. The lowest BCUT2D eigenvalue weighted by Crippen LogP contribution is -2.14. The fraction of sp³-hybridized carbons (Fsp3) is 0.368.